The maximum Gasteiger partial charge on any atom is 0.260 e. The quantitative estimate of drug-likeness (QED) is 0.698. The molecule has 4 rings (SSSR count). The maximum atomic E-state index is 13.4. The van der Waals surface area contributed by atoms with Gasteiger partial charge in [-0.1, -0.05) is 6.07 Å². The molecule has 0 unspecified atom stereocenters. The molecule has 0 bridgehead atoms. The lowest BCUT2D eigenvalue weighted by Gasteiger charge is -2.50. The second-order valence-electron chi connectivity index (χ2n) is 7.60. The average Bonchev–Trinajstić information content (AvgIpc) is 3.19. The molecular formula is C18H19N3O4S2. The number of thiol groups is 2. The molecule has 0 N–H and O–H groups in total. The predicted octanol–water partition coefficient (Wildman–Crippen LogP) is 1.96. The minimum Gasteiger partial charge on any atom is -0.454 e. The van der Waals surface area contributed by atoms with Crippen LogP contribution in [0, 0.1) is 16.7 Å². The molecule has 1 aromatic carbocycles. The zero-order valence-corrected chi connectivity index (χ0v) is 16.9. The van der Waals surface area contributed by atoms with Crippen LogP contribution in [0.1, 0.15) is 31.9 Å². The molecule has 2 amide bonds. The molecule has 2 saturated heterocycles. The van der Waals surface area contributed by atoms with Crippen LogP contribution in [0.15, 0.2) is 18.2 Å². The van der Waals surface area contributed by atoms with E-state index in [9.17, 15) is 14.9 Å². The van der Waals surface area contributed by atoms with E-state index >= 15 is 0 Å². The number of amides is 2. The molecule has 3 aliphatic rings. The van der Waals surface area contributed by atoms with E-state index in [-0.39, 0.29) is 25.0 Å². The summed E-state index contributed by atoms with van der Waals surface area (Å²) in [6, 6.07) is 6.93. The van der Waals surface area contributed by atoms with Crippen LogP contribution in [0.25, 0.3) is 0 Å². The molecule has 9 heteroatoms. The van der Waals surface area contributed by atoms with Crippen LogP contribution in [0.3, 0.4) is 0 Å². The first kappa shape index (κ1) is 18.3. The van der Waals surface area contributed by atoms with E-state index < -0.39 is 21.2 Å². The second-order valence-corrected chi connectivity index (χ2v) is 9.21. The summed E-state index contributed by atoms with van der Waals surface area (Å²) in [5.41, 5.74) is -0.329. The Kier molecular flexibility index (Phi) is 3.72. The highest BCUT2D eigenvalue weighted by molar-refractivity contribution is 7.83. The van der Waals surface area contributed by atoms with Crippen molar-refractivity contribution in [3.8, 4) is 17.6 Å². The zero-order valence-electron chi connectivity index (χ0n) is 15.1. The number of piperazine rings is 1. The summed E-state index contributed by atoms with van der Waals surface area (Å²) in [7, 11) is 1.53. The zero-order chi connectivity index (χ0) is 19.8. The second kappa shape index (κ2) is 5.49. The number of hydrogen-bond donors (Lipinski definition) is 2. The van der Waals surface area contributed by atoms with E-state index in [0.29, 0.717) is 17.1 Å². The lowest BCUT2D eigenvalue weighted by atomic mass is 9.79. The molecule has 0 aromatic heterocycles. The number of nitriles is 1. The maximum absolute atomic E-state index is 13.4. The number of rotatable bonds is 1. The third kappa shape index (κ3) is 2.23. The van der Waals surface area contributed by atoms with Crippen LogP contribution in [0.5, 0.6) is 11.5 Å². The molecule has 27 heavy (non-hydrogen) atoms. The van der Waals surface area contributed by atoms with Gasteiger partial charge in [-0.05, 0) is 31.5 Å². The minimum atomic E-state index is -1.42. The van der Waals surface area contributed by atoms with Crippen molar-refractivity contribution in [2.24, 2.45) is 5.41 Å². The van der Waals surface area contributed by atoms with Crippen molar-refractivity contribution in [3.05, 3.63) is 23.8 Å². The van der Waals surface area contributed by atoms with Gasteiger partial charge < -0.3 is 19.3 Å². The van der Waals surface area contributed by atoms with Gasteiger partial charge in [0.15, 0.2) is 21.2 Å². The molecule has 2 fully saturated rings. The topological polar surface area (TPSA) is 82.9 Å². The number of hydrogen-bond acceptors (Lipinski definition) is 7. The number of ether oxygens (including phenoxy) is 2. The van der Waals surface area contributed by atoms with Gasteiger partial charge in [-0.2, -0.15) is 5.26 Å². The summed E-state index contributed by atoms with van der Waals surface area (Å²) in [5, 5.41) is 9.96. The average molecular weight is 406 g/mol. The number of nitrogens with zero attached hydrogens (tertiary/aromatic N) is 3. The highest BCUT2D eigenvalue weighted by atomic mass is 32.1. The van der Waals surface area contributed by atoms with Crippen molar-refractivity contribution in [2.45, 2.75) is 36.1 Å². The van der Waals surface area contributed by atoms with Gasteiger partial charge in [-0.25, -0.2) is 0 Å². The molecule has 0 aliphatic carbocycles. The van der Waals surface area contributed by atoms with Gasteiger partial charge >= 0.3 is 0 Å². The summed E-state index contributed by atoms with van der Waals surface area (Å²) in [6.07, 6.45) is 0.109. The Morgan fingerprint density at radius 2 is 1.85 bits per heavy atom. The first-order valence-electron chi connectivity index (χ1n) is 8.44. The smallest absolute Gasteiger partial charge is 0.260 e. The van der Waals surface area contributed by atoms with Crippen LogP contribution >= 0.6 is 25.3 Å². The van der Waals surface area contributed by atoms with Crippen LogP contribution in [-0.2, 0) is 9.59 Å². The Morgan fingerprint density at radius 3 is 2.52 bits per heavy atom. The Hall–Kier alpha value is -2.05. The Balaban J connectivity index is 1.91. The molecule has 3 heterocycles. The van der Waals surface area contributed by atoms with Crippen molar-refractivity contribution in [2.75, 3.05) is 13.8 Å². The molecule has 142 valence electrons. The standard InChI is InChI=1S/C18H19N3O4S2/c1-16(8-19)7-18(27)15(23)20(3)17(2,26)14(22)21(18)13(16)10-4-5-11-12(6-10)25-9-24-11/h4-6,13,26-27H,7,9H2,1-3H3/t13-,16+,17+,18+/m1/s1. The summed E-state index contributed by atoms with van der Waals surface area (Å²) < 4.78 is 10.8. The Morgan fingerprint density at radius 1 is 1.19 bits per heavy atom. The van der Waals surface area contributed by atoms with E-state index in [1.807, 2.05) is 0 Å². The van der Waals surface area contributed by atoms with E-state index in [0.717, 1.165) is 0 Å². The Labute approximate surface area is 168 Å². The van der Waals surface area contributed by atoms with Crippen molar-refractivity contribution in [1.29, 1.82) is 5.26 Å². The van der Waals surface area contributed by atoms with Crippen LogP contribution in [0.4, 0.5) is 0 Å². The van der Waals surface area contributed by atoms with Crippen LogP contribution in [-0.4, -0.2) is 45.2 Å². The first-order valence-corrected chi connectivity index (χ1v) is 9.33. The summed E-state index contributed by atoms with van der Waals surface area (Å²) in [6.45, 7) is 3.44. The van der Waals surface area contributed by atoms with E-state index in [1.54, 1.807) is 32.0 Å². The SMILES string of the molecule is CN1C(=O)[C@@]2(S)C[C@@](C)(C#N)[C@@H](c3ccc4c(c3)OCO4)N2C(=O)[C@]1(C)S. The lowest BCUT2D eigenvalue weighted by Crippen LogP contribution is -2.69. The monoisotopic (exact) mass is 405 g/mol. The van der Waals surface area contributed by atoms with Gasteiger partial charge in [0.25, 0.3) is 11.8 Å². The van der Waals surface area contributed by atoms with Crippen LogP contribution < -0.4 is 9.47 Å². The Bertz CT molecular complexity index is 914. The largest absolute Gasteiger partial charge is 0.454 e. The lowest BCUT2D eigenvalue weighted by molar-refractivity contribution is -0.163. The van der Waals surface area contributed by atoms with Gasteiger partial charge in [0.1, 0.15) is 0 Å². The fourth-order valence-corrected chi connectivity index (χ4v) is 5.08. The van der Waals surface area contributed by atoms with E-state index in [2.05, 4.69) is 31.3 Å². The fraction of sp³-hybridized carbons (Fsp3) is 0.500. The minimum absolute atomic E-state index is 0.109. The number of fused-ring (bicyclic) bond motifs is 2. The van der Waals surface area contributed by atoms with Gasteiger partial charge in [0.2, 0.25) is 6.79 Å². The summed E-state index contributed by atoms with van der Waals surface area (Å²) in [4.78, 5) is 26.4. The van der Waals surface area contributed by atoms with E-state index in [4.69, 9.17) is 9.47 Å². The van der Waals surface area contributed by atoms with Crippen LogP contribution in [0.2, 0.25) is 0 Å². The number of carbonyl (C=O) groups excluding carboxylic acids is 2. The number of carbonyl (C=O) groups is 2. The molecule has 1 aromatic rings. The molecule has 0 spiro atoms. The third-order valence-corrected chi connectivity index (χ3v) is 6.82. The predicted molar refractivity (Wildman–Crippen MR) is 102 cm³/mol. The van der Waals surface area contributed by atoms with Gasteiger partial charge in [0, 0.05) is 13.5 Å². The molecule has 0 saturated carbocycles. The van der Waals surface area contributed by atoms with Crippen molar-refractivity contribution < 1.29 is 19.1 Å². The summed E-state index contributed by atoms with van der Waals surface area (Å²) >= 11 is 9.07. The highest BCUT2D eigenvalue weighted by Gasteiger charge is 2.68. The van der Waals surface area contributed by atoms with E-state index in [1.165, 1.54) is 16.8 Å². The third-order valence-electron chi connectivity index (χ3n) is 5.77. The van der Waals surface area contributed by atoms with Crippen molar-refractivity contribution in [1.82, 2.24) is 9.80 Å². The first-order chi connectivity index (χ1) is 12.6. The molecule has 3 aliphatic heterocycles. The van der Waals surface area contributed by atoms with Crippen molar-refractivity contribution >= 4 is 37.1 Å². The van der Waals surface area contributed by atoms with Gasteiger partial charge in [0.05, 0.1) is 17.5 Å². The molecule has 7 nitrogen and oxygen atoms in total. The normalized spacial score (nSPS) is 37.4. The highest BCUT2D eigenvalue weighted by Crippen LogP contribution is 2.59. The number of likely N-dealkylation sites (N-methyl/N-ethyl adjacent to an activating group) is 1. The number of benzene rings is 1. The molecule has 4 atom stereocenters. The fourth-order valence-electron chi connectivity index (χ4n) is 4.20. The van der Waals surface area contributed by atoms with Gasteiger partial charge in [-0.3, -0.25) is 9.59 Å². The van der Waals surface area contributed by atoms with Gasteiger partial charge in [-0.15, -0.1) is 25.3 Å². The van der Waals surface area contributed by atoms with Crippen molar-refractivity contribution in [3.63, 3.8) is 0 Å². The molecule has 0 radical (unpaired) electrons. The summed E-state index contributed by atoms with van der Waals surface area (Å²) in [5.74, 6) is 0.426. The molecular weight excluding hydrogens is 386 g/mol.